The van der Waals surface area contributed by atoms with Crippen molar-refractivity contribution in [2.24, 2.45) is 0 Å². The highest BCUT2D eigenvalue weighted by Crippen LogP contribution is 2.11. The summed E-state index contributed by atoms with van der Waals surface area (Å²) in [5.41, 5.74) is -0.589. The van der Waals surface area contributed by atoms with Gasteiger partial charge in [-0.1, -0.05) is 0 Å². The number of hydrogen-bond donors (Lipinski definition) is 1. The number of carbonyl (C=O) groups is 2. The Hall–Kier alpha value is -2.38. The van der Waals surface area contributed by atoms with Crippen LogP contribution >= 0.6 is 0 Å². The van der Waals surface area contributed by atoms with E-state index in [1.54, 1.807) is 51.1 Å². The van der Waals surface area contributed by atoms with Gasteiger partial charge in [0.1, 0.15) is 11.6 Å². The highest BCUT2D eigenvalue weighted by molar-refractivity contribution is 5.85. The van der Waals surface area contributed by atoms with Crippen LogP contribution in [0.1, 0.15) is 27.7 Å². The number of rotatable bonds is 3. The maximum absolute atomic E-state index is 12.4. The molecule has 1 aromatic heterocycles. The molecule has 0 aromatic carbocycles. The first-order valence-electron chi connectivity index (χ1n) is 8.06. The molecule has 1 N–H and O–H groups in total. The monoisotopic (exact) mass is 335 g/mol. The van der Waals surface area contributed by atoms with E-state index in [-0.39, 0.29) is 5.91 Å². The SMILES string of the molecule is CC(NC(=O)OC(C)(C)C)C(=O)N1CCN(c2ncccn2)CC1. The van der Waals surface area contributed by atoms with E-state index in [1.807, 2.05) is 4.90 Å². The summed E-state index contributed by atoms with van der Waals surface area (Å²) in [6, 6.07) is 1.15. The van der Waals surface area contributed by atoms with Gasteiger partial charge in [0.15, 0.2) is 0 Å². The molecule has 1 atom stereocenters. The number of nitrogens with zero attached hydrogens (tertiary/aromatic N) is 4. The fourth-order valence-corrected chi connectivity index (χ4v) is 2.40. The molecule has 2 heterocycles. The summed E-state index contributed by atoms with van der Waals surface area (Å²) in [7, 11) is 0. The van der Waals surface area contributed by atoms with Crippen molar-refractivity contribution in [3.63, 3.8) is 0 Å². The van der Waals surface area contributed by atoms with Gasteiger partial charge < -0.3 is 19.9 Å². The average Bonchev–Trinajstić information content (AvgIpc) is 2.53. The lowest BCUT2D eigenvalue weighted by Crippen LogP contribution is -2.54. The lowest BCUT2D eigenvalue weighted by atomic mass is 10.2. The van der Waals surface area contributed by atoms with Gasteiger partial charge in [-0.3, -0.25) is 4.79 Å². The molecule has 1 unspecified atom stereocenters. The van der Waals surface area contributed by atoms with Crippen molar-refractivity contribution in [2.75, 3.05) is 31.1 Å². The summed E-state index contributed by atoms with van der Waals surface area (Å²) in [6.07, 6.45) is 2.82. The summed E-state index contributed by atoms with van der Waals surface area (Å²) in [5.74, 6) is 0.555. The molecule has 1 fully saturated rings. The van der Waals surface area contributed by atoms with E-state index in [4.69, 9.17) is 4.74 Å². The van der Waals surface area contributed by atoms with Gasteiger partial charge in [-0.2, -0.15) is 0 Å². The molecular formula is C16H25N5O3. The highest BCUT2D eigenvalue weighted by Gasteiger charge is 2.27. The number of aromatic nitrogens is 2. The second kappa shape index (κ2) is 7.46. The number of carbonyl (C=O) groups excluding carboxylic acids is 2. The molecule has 1 aromatic rings. The van der Waals surface area contributed by atoms with Gasteiger partial charge in [0, 0.05) is 38.6 Å². The maximum Gasteiger partial charge on any atom is 0.408 e. The first kappa shape index (κ1) is 18.0. The molecule has 1 aliphatic rings. The summed E-state index contributed by atoms with van der Waals surface area (Å²) >= 11 is 0. The van der Waals surface area contributed by atoms with Gasteiger partial charge >= 0.3 is 6.09 Å². The van der Waals surface area contributed by atoms with E-state index >= 15 is 0 Å². The second-order valence-electron chi connectivity index (χ2n) is 6.73. The van der Waals surface area contributed by atoms with Crippen LogP contribution in [0.3, 0.4) is 0 Å². The minimum atomic E-state index is -0.626. The van der Waals surface area contributed by atoms with E-state index < -0.39 is 17.7 Å². The Kier molecular flexibility index (Phi) is 5.58. The van der Waals surface area contributed by atoms with Crippen LogP contribution in [-0.4, -0.2) is 64.7 Å². The van der Waals surface area contributed by atoms with E-state index in [0.29, 0.717) is 32.1 Å². The summed E-state index contributed by atoms with van der Waals surface area (Å²) in [4.78, 5) is 36.4. The van der Waals surface area contributed by atoms with Crippen LogP contribution in [0, 0.1) is 0 Å². The molecule has 8 heteroatoms. The molecule has 1 aliphatic heterocycles. The fourth-order valence-electron chi connectivity index (χ4n) is 2.40. The van der Waals surface area contributed by atoms with Crippen LogP contribution in [0.15, 0.2) is 18.5 Å². The van der Waals surface area contributed by atoms with Gasteiger partial charge in [0.2, 0.25) is 11.9 Å². The predicted molar refractivity (Wildman–Crippen MR) is 89.7 cm³/mol. The van der Waals surface area contributed by atoms with Crippen molar-refractivity contribution in [2.45, 2.75) is 39.3 Å². The maximum atomic E-state index is 12.4. The van der Waals surface area contributed by atoms with Crippen LogP contribution in [0.25, 0.3) is 0 Å². The molecule has 0 aliphatic carbocycles. The zero-order valence-electron chi connectivity index (χ0n) is 14.7. The highest BCUT2D eigenvalue weighted by atomic mass is 16.6. The topological polar surface area (TPSA) is 87.7 Å². The number of nitrogens with one attached hydrogen (secondary N) is 1. The molecular weight excluding hydrogens is 310 g/mol. The lowest BCUT2D eigenvalue weighted by molar-refractivity contribution is -0.133. The molecule has 2 rings (SSSR count). The van der Waals surface area contributed by atoms with E-state index in [1.165, 1.54) is 0 Å². The Bertz CT molecular complexity index is 565. The largest absolute Gasteiger partial charge is 0.444 e. The van der Waals surface area contributed by atoms with Crippen molar-refractivity contribution in [3.05, 3.63) is 18.5 Å². The predicted octanol–water partition coefficient (Wildman–Crippen LogP) is 1.04. The number of alkyl carbamates (subject to hydrolysis) is 1. The van der Waals surface area contributed by atoms with Gasteiger partial charge in [-0.05, 0) is 33.8 Å². The third kappa shape index (κ3) is 5.07. The number of ether oxygens (including phenoxy) is 1. The zero-order chi connectivity index (χ0) is 17.7. The third-order valence-electron chi connectivity index (χ3n) is 3.53. The van der Waals surface area contributed by atoms with Gasteiger partial charge in [0.05, 0.1) is 0 Å². The smallest absolute Gasteiger partial charge is 0.408 e. The van der Waals surface area contributed by atoms with Crippen molar-refractivity contribution in [3.8, 4) is 0 Å². The molecule has 24 heavy (non-hydrogen) atoms. The fraction of sp³-hybridized carbons (Fsp3) is 0.625. The Morgan fingerprint density at radius 3 is 2.29 bits per heavy atom. The third-order valence-corrected chi connectivity index (χ3v) is 3.53. The average molecular weight is 335 g/mol. The van der Waals surface area contributed by atoms with Crippen LogP contribution in [0.4, 0.5) is 10.7 Å². The normalized spacial score (nSPS) is 16.5. The Morgan fingerprint density at radius 2 is 1.75 bits per heavy atom. The summed E-state index contributed by atoms with van der Waals surface area (Å²) in [6.45, 7) is 9.47. The first-order chi connectivity index (χ1) is 11.3. The number of hydrogen-bond acceptors (Lipinski definition) is 6. The first-order valence-corrected chi connectivity index (χ1v) is 8.06. The molecule has 2 amide bonds. The van der Waals surface area contributed by atoms with E-state index in [0.717, 1.165) is 0 Å². The van der Waals surface area contributed by atoms with Crippen molar-refractivity contribution < 1.29 is 14.3 Å². The van der Waals surface area contributed by atoms with Crippen LogP contribution in [0.2, 0.25) is 0 Å². The number of amides is 2. The molecule has 0 spiro atoms. The molecule has 1 saturated heterocycles. The minimum absolute atomic E-state index is 0.116. The summed E-state index contributed by atoms with van der Waals surface area (Å²) in [5, 5.41) is 2.59. The van der Waals surface area contributed by atoms with Gasteiger partial charge in [0.25, 0.3) is 0 Å². The van der Waals surface area contributed by atoms with Crippen molar-refractivity contribution in [1.82, 2.24) is 20.2 Å². The van der Waals surface area contributed by atoms with Crippen molar-refractivity contribution in [1.29, 1.82) is 0 Å². The summed E-state index contributed by atoms with van der Waals surface area (Å²) < 4.78 is 5.18. The van der Waals surface area contributed by atoms with Gasteiger partial charge in [-0.25, -0.2) is 14.8 Å². The van der Waals surface area contributed by atoms with Gasteiger partial charge in [-0.15, -0.1) is 0 Å². The quantitative estimate of drug-likeness (QED) is 0.888. The molecule has 8 nitrogen and oxygen atoms in total. The minimum Gasteiger partial charge on any atom is -0.444 e. The zero-order valence-corrected chi connectivity index (χ0v) is 14.7. The Balaban J connectivity index is 1.82. The van der Waals surface area contributed by atoms with Crippen molar-refractivity contribution >= 4 is 17.9 Å². The lowest BCUT2D eigenvalue weighted by Gasteiger charge is -2.36. The van der Waals surface area contributed by atoms with E-state index in [9.17, 15) is 9.59 Å². The second-order valence-corrected chi connectivity index (χ2v) is 6.73. The Morgan fingerprint density at radius 1 is 1.17 bits per heavy atom. The molecule has 132 valence electrons. The molecule has 0 radical (unpaired) electrons. The van der Waals surface area contributed by atoms with Crippen LogP contribution in [-0.2, 0) is 9.53 Å². The van der Waals surface area contributed by atoms with Crippen LogP contribution in [0.5, 0.6) is 0 Å². The standard InChI is InChI=1S/C16H25N5O3/c1-12(19-15(23)24-16(2,3)4)13(22)20-8-10-21(11-9-20)14-17-6-5-7-18-14/h5-7,12H,8-11H2,1-4H3,(H,19,23). The van der Waals surface area contributed by atoms with E-state index in [2.05, 4.69) is 15.3 Å². The molecule has 0 bridgehead atoms. The molecule has 0 saturated carbocycles. The number of piperazine rings is 1. The van der Waals surface area contributed by atoms with Crippen LogP contribution < -0.4 is 10.2 Å². The number of anilines is 1. The Labute approximate surface area is 142 Å².